The molecule has 0 aromatic rings. The zero-order valence-corrected chi connectivity index (χ0v) is 7.40. The first-order valence-electron chi connectivity index (χ1n) is 3.77. The number of hydrogen-bond acceptors (Lipinski definition) is 6. The van der Waals surface area contributed by atoms with Gasteiger partial charge in [0.15, 0.2) is 5.72 Å². The average molecular weight is 180 g/mol. The normalized spacial score (nSPS) is 17.2. The number of nitrogens with two attached hydrogens (primary N) is 4. The van der Waals surface area contributed by atoms with Crippen molar-refractivity contribution >= 4 is 0 Å². The van der Waals surface area contributed by atoms with E-state index in [0.717, 1.165) is 0 Å². The van der Waals surface area contributed by atoms with Crippen LogP contribution in [0, 0.1) is 0 Å². The van der Waals surface area contributed by atoms with Gasteiger partial charge in [-0.25, -0.2) is 0 Å². The fraction of sp³-hybridized carbons (Fsp3) is 1.00. The minimum atomic E-state index is -1.62. The summed E-state index contributed by atoms with van der Waals surface area (Å²) >= 11 is 0. The molecule has 0 aromatic carbocycles. The molecule has 0 radical (unpaired) electrons. The molecule has 2 atom stereocenters. The summed E-state index contributed by atoms with van der Waals surface area (Å²) in [7, 11) is 0. The van der Waals surface area contributed by atoms with Crippen LogP contribution in [-0.2, 0) is 0 Å². The summed E-state index contributed by atoms with van der Waals surface area (Å²) in [4.78, 5) is 0. The van der Waals surface area contributed by atoms with Gasteiger partial charge in [-0.2, -0.15) is 0 Å². The maximum atomic E-state index is 8.80. The van der Waals surface area contributed by atoms with E-state index >= 15 is 0 Å². The molecular formula is C6H20N4O2. The van der Waals surface area contributed by atoms with Crippen LogP contribution in [0.5, 0.6) is 0 Å². The predicted octanol–water partition coefficient (Wildman–Crippen LogP) is -2.78. The largest absolute Gasteiger partial charge is 0.374 e. The van der Waals surface area contributed by atoms with Gasteiger partial charge in [0.05, 0.1) is 0 Å². The first-order valence-corrected chi connectivity index (χ1v) is 3.77. The summed E-state index contributed by atoms with van der Waals surface area (Å²) in [5, 5.41) is 17.3. The second kappa shape index (κ2) is 7.41. The average Bonchev–Trinajstić information content (AvgIpc) is 2.05. The molecule has 0 aromatic heterocycles. The van der Waals surface area contributed by atoms with Gasteiger partial charge in [0.2, 0.25) is 0 Å². The highest BCUT2D eigenvalue weighted by molar-refractivity contribution is 4.72. The fourth-order valence-corrected chi connectivity index (χ4v) is 0.209. The highest BCUT2D eigenvalue weighted by Gasteiger charge is 2.24. The van der Waals surface area contributed by atoms with Crippen molar-refractivity contribution < 1.29 is 10.2 Å². The zero-order valence-electron chi connectivity index (χ0n) is 7.40. The molecule has 10 N–H and O–H groups in total. The monoisotopic (exact) mass is 180 g/mol. The lowest BCUT2D eigenvalue weighted by molar-refractivity contribution is -0.0697. The minimum absolute atomic E-state index is 0.241. The van der Waals surface area contributed by atoms with E-state index in [2.05, 4.69) is 0 Å². The van der Waals surface area contributed by atoms with Crippen LogP contribution >= 0.6 is 0 Å². The Morgan fingerprint density at radius 2 is 1.67 bits per heavy atom. The van der Waals surface area contributed by atoms with Crippen LogP contribution in [0.2, 0.25) is 0 Å². The Balaban J connectivity index is 0. The minimum Gasteiger partial charge on any atom is -0.374 e. The number of hydrogen-bond donors (Lipinski definition) is 6. The Bertz CT molecular complexity index is 95.5. The summed E-state index contributed by atoms with van der Waals surface area (Å²) < 4.78 is 0. The number of aliphatic hydroxyl groups excluding tert-OH is 1. The summed E-state index contributed by atoms with van der Waals surface area (Å²) in [6.45, 7) is 2.83. The molecule has 0 saturated heterocycles. The summed E-state index contributed by atoms with van der Waals surface area (Å²) in [6.07, 6.45) is -1.11. The molecule has 12 heavy (non-hydrogen) atoms. The van der Waals surface area contributed by atoms with Gasteiger partial charge in [-0.3, -0.25) is 0 Å². The molecule has 0 aliphatic rings. The Morgan fingerprint density at radius 1 is 1.33 bits per heavy atom. The van der Waals surface area contributed by atoms with Gasteiger partial charge in [-0.15, -0.1) is 0 Å². The van der Waals surface area contributed by atoms with Crippen molar-refractivity contribution in [1.29, 1.82) is 0 Å². The Morgan fingerprint density at radius 3 is 1.67 bits per heavy atom. The molecule has 2 unspecified atom stereocenters. The third kappa shape index (κ3) is 7.86. The van der Waals surface area contributed by atoms with Crippen LogP contribution in [-0.4, -0.2) is 35.3 Å². The first-order chi connectivity index (χ1) is 5.42. The Hall–Kier alpha value is -0.240. The topological polar surface area (TPSA) is 145 Å². The maximum absolute atomic E-state index is 8.80. The quantitative estimate of drug-likeness (QED) is 0.259. The van der Waals surface area contributed by atoms with Gasteiger partial charge < -0.3 is 33.1 Å². The van der Waals surface area contributed by atoms with E-state index in [0.29, 0.717) is 13.1 Å². The van der Waals surface area contributed by atoms with Gasteiger partial charge in [0, 0.05) is 13.1 Å². The molecule has 0 amide bonds. The van der Waals surface area contributed by atoms with E-state index in [1.54, 1.807) is 6.92 Å². The van der Waals surface area contributed by atoms with E-state index < -0.39 is 12.0 Å². The van der Waals surface area contributed by atoms with Crippen molar-refractivity contribution in [2.45, 2.75) is 25.3 Å². The zero-order chi connectivity index (χ0) is 10.2. The van der Waals surface area contributed by atoms with E-state index in [1.807, 2.05) is 0 Å². The molecule has 6 heteroatoms. The van der Waals surface area contributed by atoms with Gasteiger partial charge >= 0.3 is 0 Å². The van der Waals surface area contributed by atoms with E-state index in [4.69, 9.17) is 33.1 Å². The lowest BCUT2D eigenvalue weighted by Crippen LogP contribution is -2.54. The fourth-order valence-electron chi connectivity index (χ4n) is 0.209. The molecule has 0 aliphatic carbocycles. The molecule has 0 bridgehead atoms. The molecule has 0 heterocycles. The van der Waals surface area contributed by atoms with Crippen molar-refractivity contribution in [2.24, 2.45) is 22.9 Å². The maximum Gasteiger partial charge on any atom is 0.152 e. The van der Waals surface area contributed by atoms with Crippen LogP contribution < -0.4 is 22.9 Å². The van der Waals surface area contributed by atoms with Crippen LogP contribution in [0.25, 0.3) is 0 Å². The third-order valence-corrected chi connectivity index (χ3v) is 1.25. The van der Waals surface area contributed by atoms with Crippen LogP contribution in [0.1, 0.15) is 13.3 Å². The van der Waals surface area contributed by atoms with Crippen molar-refractivity contribution in [3.63, 3.8) is 0 Å². The Kier molecular flexibility index (Phi) is 8.83. The summed E-state index contributed by atoms with van der Waals surface area (Å²) in [5.74, 6) is 0. The van der Waals surface area contributed by atoms with Crippen molar-refractivity contribution in [3.8, 4) is 0 Å². The van der Waals surface area contributed by atoms with Crippen molar-refractivity contribution in [3.05, 3.63) is 0 Å². The van der Waals surface area contributed by atoms with Gasteiger partial charge in [0.1, 0.15) is 6.23 Å². The van der Waals surface area contributed by atoms with Crippen molar-refractivity contribution in [1.82, 2.24) is 0 Å². The summed E-state index contributed by atoms with van der Waals surface area (Å²) in [5.41, 5.74) is 18.1. The molecule has 0 spiro atoms. The lowest BCUT2D eigenvalue weighted by Gasteiger charge is -2.23. The second-order valence-corrected chi connectivity index (χ2v) is 2.37. The molecular weight excluding hydrogens is 160 g/mol. The van der Waals surface area contributed by atoms with Gasteiger partial charge in [-0.05, 0) is 6.42 Å². The number of rotatable bonds is 3. The summed E-state index contributed by atoms with van der Waals surface area (Å²) in [6, 6.07) is 0. The Labute approximate surface area is 72.5 Å². The molecule has 0 fully saturated rings. The van der Waals surface area contributed by atoms with E-state index in [9.17, 15) is 0 Å². The molecule has 76 valence electrons. The highest BCUT2D eigenvalue weighted by atomic mass is 16.4. The van der Waals surface area contributed by atoms with Gasteiger partial charge in [-0.1, -0.05) is 6.92 Å². The van der Waals surface area contributed by atoms with Crippen LogP contribution in [0.3, 0.4) is 0 Å². The number of aliphatic hydroxyl groups is 2. The molecule has 0 rings (SSSR count). The van der Waals surface area contributed by atoms with Crippen LogP contribution in [0.15, 0.2) is 0 Å². The molecule has 0 aliphatic heterocycles. The van der Waals surface area contributed by atoms with Gasteiger partial charge in [0.25, 0.3) is 0 Å². The molecule has 6 nitrogen and oxygen atoms in total. The lowest BCUT2D eigenvalue weighted by atomic mass is 10.1. The third-order valence-electron chi connectivity index (χ3n) is 1.25. The van der Waals surface area contributed by atoms with Crippen LogP contribution in [0.4, 0.5) is 0 Å². The second-order valence-electron chi connectivity index (χ2n) is 2.37. The highest BCUT2D eigenvalue weighted by Crippen LogP contribution is 2.01. The van der Waals surface area contributed by atoms with E-state index in [1.165, 1.54) is 0 Å². The van der Waals surface area contributed by atoms with Crippen molar-refractivity contribution in [2.75, 3.05) is 13.1 Å². The predicted molar refractivity (Wildman–Crippen MR) is 47.7 cm³/mol. The SMILES string of the molecule is CCC(N)(O)C(N)O.NCCN. The first kappa shape index (κ1) is 14.3. The van der Waals surface area contributed by atoms with E-state index in [-0.39, 0.29) is 6.42 Å². The smallest absolute Gasteiger partial charge is 0.152 e. The molecule has 0 saturated carbocycles. The standard InChI is InChI=1S/C4H12N2O2.C2H8N2/c1-2-4(6,8)3(5)7;3-1-2-4/h3,7-8H,2,5-6H2,1H3;1-4H2.